The van der Waals surface area contributed by atoms with Crippen LogP contribution in [0.1, 0.15) is 12.5 Å². The third kappa shape index (κ3) is 3.26. The van der Waals surface area contributed by atoms with Crippen molar-refractivity contribution < 1.29 is 4.74 Å². The molecule has 2 aromatic carbocycles. The van der Waals surface area contributed by atoms with Gasteiger partial charge in [-0.2, -0.15) is 0 Å². The molecule has 0 saturated carbocycles. The van der Waals surface area contributed by atoms with E-state index in [2.05, 4.69) is 38.4 Å². The molecule has 3 rings (SSSR count). The summed E-state index contributed by atoms with van der Waals surface area (Å²) < 4.78 is 14.1. The average Bonchev–Trinajstić information content (AvgIpc) is 2.97. The third-order valence-corrected chi connectivity index (χ3v) is 4.53. The Hall–Kier alpha value is -1.84. The molecule has 0 aliphatic rings. The van der Waals surface area contributed by atoms with E-state index in [0.29, 0.717) is 6.04 Å². The van der Waals surface area contributed by atoms with Crippen LogP contribution >= 0.6 is 0 Å². The van der Waals surface area contributed by atoms with Crippen molar-refractivity contribution in [1.82, 2.24) is 7.96 Å². The molecule has 0 bridgehead atoms. The Bertz CT molecular complexity index is 724. The zero-order chi connectivity index (χ0) is 14.7. The van der Waals surface area contributed by atoms with Gasteiger partial charge < -0.3 is 0 Å². The maximum atomic E-state index is 5.18. The van der Waals surface area contributed by atoms with Crippen molar-refractivity contribution in [3.05, 3.63) is 48.0 Å². The second-order valence-electron chi connectivity index (χ2n) is 5.04. The topological polar surface area (TPSA) is 47.0 Å². The number of nitrogens with one attached hydrogen (secondary N) is 1. The average molecular weight is 346 g/mol. The van der Waals surface area contributed by atoms with Crippen molar-refractivity contribution >= 4 is 31.7 Å². The predicted molar refractivity (Wildman–Crippen MR) is 86.3 cm³/mol. The number of aromatic nitrogens is 2. The van der Waals surface area contributed by atoms with E-state index < -0.39 is 0 Å². The molecule has 4 nitrogen and oxygen atoms in total. The Morgan fingerprint density at radius 1 is 1.14 bits per heavy atom. The number of benzene rings is 2. The molecule has 0 amide bonds. The molecular formula is C16H17N3OSe. The van der Waals surface area contributed by atoms with Crippen LogP contribution in [0.3, 0.4) is 0 Å². The Morgan fingerprint density at radius 3 is 2.71 bits per heavy atom. The van der Waals surface area contributed by atoms with Crippen LogP contribution in [0.2, 0.25) is 0 Å². The molecule has 0 aliphatic heterocycles. The van der Waals surface area contributed by atoms with Gasteiger partial charge in [0.25, 0.3) is 0 Å². The van der Waals surface area contributed by atoms with Gasteiger partial charge in [0, 0.05) is 0 Å². The van der Waals surface area contributed by atoms with Crippen molar-refractivity contribution in [2.45, 2.75) is 19.4 Å². The molecule has 0 saturated heterocycles. The molecule has 3 aromatic rings. The van der Waals surface area contributed by atoms with Crippen molar-refractivity contribution in [3.8, 4) is 5.75 Å². The van der Waals surface area contributed by atoms with E-state index in [1.54, 1.807) is 7.11 Å². The predicted octanol–water partition coefficient (Wildman–Crippen LogP) is 2.74. The molecule has 1 unspecified atom stereocenters. The first-order valence-corrected chi connectivity index (χ1v) is 8.40. The molecule has 1 aromatic heterocycles. The SMILES string of the molecule is COc1ccc(CC(C)Nc2cccc3n[se]nc23)cc1. The number of hydrogen-bond acceptors (Lipinski definition) is 4. The van der Waals surface area contributed by atoms with E-state index in [0.717, 1.165) is 28.9 Å². The van der Waals surface area contributed by atoms with Crippen molar-refractivity contribution in [1.29, 1.82) is 0 Å². The minimum absolute atomic E-state index is 0.0132. The summed E-state index contributed by atoms with van der Waals surface area (Å²) >= 11 is 0.0132. The van der Waals surface area contributed by atoms with Gasteiger partial charge in [-0.3, -0.25) is 0 Å². The standard InChI is InChI=1S/C16H17N3OSe/c1-11(10-12-6-8-13(20-2)9-7-12)17-14-4-3-5-15-16(14)19-21-18-15/h3-9,11,17H,10H2,1-2H3. The molecular weight excluding hydrogens is 329 g/mol. The summed E-state index contributed by atoms with van der Waals surface area (Å²) in [7, 11) is 1.69. The van der Waals surface area contributed by atoms with E-state index in [1.807, 2.05) is 24.3 Å². The number of ether oxygens (including phenoxy) is 1. The van der Waals surface area contributed by atoms with Gasteiger partial charge in [-0.15, -0.1) is 0 Å². The summed E-state index contributed by atoms with van der Waals surface area (Å²) in [4.78, 5) is 0. The van der Waals surface area contributed by atoms with Crippen molar-refractivity contribution in [3.63, 3.8) is 0 Å². The number of anilines is 1. The van der Waals surface area contributed by atoms with Crippen LogP contribution in [0.5, 0.6) is 5.75 Å². The van der Waals surface area contributed by atoms with E-state index in [9.17, 15) is 0 Å². The maximum absolute atomic E-state index is 5.18. The summed E-state index contributed by atoms with van der Waals surface area (Å²) in [5.74, 6) is 0.892. The van der Waals surface area contributed by atoms with E-state index in [-0.39, 0.29) is 15.0 Å². The fourth-order valence-corrected chi connectivity index (χ4v) is 3.51. The van der Waals surface area contributed by atoms with Crippen LogP contribution in [-0.4, -0.2) is 36.1 Å². The number of fused-ring (bicyclic) bond motifs is 1. The first-order valence-electron chi connectivity index (χ1n) is 6.87. The van der Waals surface area contributed by atoms with Crippen LogP contribution in [-0.2, 0) is 6.42 Å². The zero-order valence-electron chi connectivity index (χ0n) is 12.0. The van der Waals surface area contributed by atoms with E-state index in [1.165, 1.54) is 5.56 Å². The molecule has 5 heteroatoms. The van der Waals surface area contributed by atoms with Crippen LogP contribution in [0.25, 0.3) is 11.0 Å². The van der Waals surface area contributed by atoms with Crippen molar-refractivity contribution in [2.24, 2.45) is 0 Å². The van der Waals surface area contributed by atoms with Gasteiger partial charge in [0.05, 0.1) is 0 Å². The molecule has 21 heavy (non-hydrogen) atoms. The van der Waals surface area contributed by atoms with Gasteiger partial charge in [0.2, 0.25) is 0 Å². The molecule has 1 heterocycles. The van der Waals surface area contributed by atoms with E-state index >= 15 is 0 Å². The van der Waals surface area contributed by atoms with Gasteiger partial charge in [0.1, 0.15) is 0 Å². The third-order valence-electron chi connectivity index (χ3n) is 3.39. The Labute approximate surface area is 130 Å². The zero-order valence-corrected chi connectivity index (χ0v) is 13.7. The van der Waals surface area contributed by atoms with Gasteiger partial charge in [-0.05, 0) is 0 Å². The minimum atomic E-state index is 0.0132. The molecule has 108 valence electrons. The number of hydrogen-bond donors (Lipinski definition) is 1. The molecule has 0 aliphatic carbocycles. The summed E-state index contributed by atoms with van der Waals surface area (Å²) in [6, 6.07) is 14.7. The quantitative estimate of drug-likeness (QED) is 0.722. The van der Waals surface area contributed by atoms with Gasteiger partial charge in [0.15, 0.2) is 0 Å². The monoisotopic (exact) mass is 347 g/mol. The van der Waals surface area contributed by atoms with Crippen molar-refractivity contribution in [2.75, 3.05) is 12.4 Å². The second-order valence-corrected chi connectivity index (χ2v) is 6.14. The van der Waals surface area contributed by atoms with Crippen LogP contribution < -0.4 is 10.1 Å². The van der Waals surface area contributed by atoms with Crippen LogP contribution in [0.4, 0.5) is 5.69 Å². The Balaban J connectivity index is 1.70. The van der Waals surface area contributed by atoms with Gasteiger partial charge >= 0.3 is 130 Å². The fraction of sp³-hybridized carbons (Fsp3) is 0.250. The summed E-state index contributed by atoms with van der Waals surface area (Å²) in [6.45, 7) is 2.18. The first kappa shape index (κ1) is 14.1. The summed E-state index contributed by atoms with van der Waals surface area (Å²) in [5.41, 5.74) is 4.39. The van der Waals surface area contributed by atoms with Crippen LogP contribution in [0, 0.1) is 0 Å². The molecule has 0 spiro atoms. The molecule has 1 N–H and O–H groups in total. The molecule has 0 radical (unpaired) electrons. The normalized spacial score (nSPS) is 12.3. The van der Waals surface area contributed by atoms with E-state index in [4.69, 9.17) is 4.74 Å². The number of nitrogens with zero attached hydrogens (tertiary/aromatic N) is 2. The summed E-state index contributed by atoms with van der Waals surface area (Å²) in [5, 5.41) is 3.54. The Morgan fingerprint density at radius 2 is 1.95 bits per heavy atom. The first-order chi connectivity index (χ1) is 10.3. The fourth-order valence-electron chi connectivity index (χ4n) is 2.35. The summed E-state index contributed by atoms with van der Waals surface area (Å²) in [6.07, 6.45) is 0.954. The van der Waals surface area contributed by atoms with Gasteiger partial charge in [-0.1, -0.05) is 0 Å². The number of methoxy groups -OCH3 is 1. The second kappa shape index (κ2) is 6.29. The number of rotatable bonds is 5. The Kier molecular flexibility index (Phi) is 4.23. The molecule has 1 atom stereocenters. The molecule has 0 fully saturated rings. The van der Waals surface area contributed by atoms with Crippen LogP contribution in [0.15, 0.2) is 42.5 Å². The van der Waals surface area contributed by atoms with Gasteiger partial charge in [-0.25, -0.2) is 0 Å².